The average Bonchev–Trinajstić information content (AvgIpc) is 3.39. The van der Waals surface area contributed by atoms with E-state index in [0.717, 1.165) is 16.6 Å². The van der Waals surface area contributed by atoms with Crippen LogP contribution in [0.15, 0.2) is 144 Å². The van der Waals surface area contributed by atoms with Gasteiger partial charge in [0.25, 0.3) is 0 Å². The van der Waals surface area contributed by atoms with Crippen molar-refractivity contribution < 1.29 is 0 Å². The number of rotatable bonds is 3. The van der Waals surface area contributed by atoms with Gasteiger partial charge in [-0.25, -0.2) is 9.97 Å². The number of nitrogens with zero attached hydrogens (tertiary/aromatic N) is 4. The Labute approximate surface area is 246 Å². The second-order valence-corrected chi connectivity index (χ2v) is 11.6. The lowest BCUT2D eigenvalue weighted by Gasteiger charge is -2.21. The van der Waals surface area contributed by atoms with E-state index in [4.69, 9.17) is 4.98 Å². The number of para-hydroxylation sites is 1. The van der Waals surface area contributed by atoms with Gasteiger partial charge in [0.15, 0.2) is 5.82 Å². The van der Waals surface area contributed by atoms with Crippen LogP contribution < -0.4 is 0 Å². The first-order valence-corrected chi connectivity index (χ1v) is 14.8. The standard InChI is InChI=1S/C37H22N4S/c1-2-8-24(9-3-1)36-38-22-39-37(40-36)41-31-14-5-4-12-27(31)29-20-25(16-18-32(29)41)26-17-19-33-30(21-26)28-13-6-10-23-11-7-15-34(42-33)35(23)28/h1-22H. The molecule has 1 aliphatic heterocycles. The van der Waals surface area contributed by atoms with Crippen LogP contribution in [0.2, 0.25) is 0 Å². The summed E-state index contributed by atoms with van der Waals surface area (Å²) in [5.74, 6) is 1.27. The monoisotopic (exact) mass is 554 g/mol. The number of hydrogen-bond donors (Lipinski definition) is 0. The van der Waals surface area contributed by atoms with Crippen LogP contribution in [0.3, 0.4) is 0 Å². The van der Waals surface area contributed by atoms with E-state index in [1.54, 1.807) is 6.33 Å². The van der Waals surface area contributed by atoms with E-state index in [9.17, 15) is 0 Å². The molecular formula is C37H22N4S. The summed E-state index contributed by atoms with van der Waals surface area (Å²) in [5.41, 5.74) is 8.09. The van der Waals surface area contributed by atoms with Crippen molar-refractivity contribution in [2.75, 3.05) is 0 Å². The molecule has 5 heteroatoms. The zero-order valence-corrected chi connectivity index (χ0v) is 23.2. The molecule has 196 valence electrons. The topological polar surface area (TPSA) is 43.6 Å². The SMILES string of the molecule is c1ccc(-c2ncnc(-n3c4ccccc4c4cc(-c5ccc6c(c5)-c5cccc7cccc(c57)S6)ccc43)n2)cc1. The molecule has 0 amide bonds. The first-order valence-electron chi connectivity index (χ1n) is 13.9. The third kappa shape index (κ3) is 3.54. The second kappa shape index (κ2) is 9.13. The molecule has 9 rings (SSSR count). The first kappa shape index (κ1) is 23.4. The third-order valence-electron chi connectivity index (χ3n) is 8.15. The summed E-state index contributed by atoms with van der Waals surface area (Å²) in [6, 6.07) is 45.3. The average molecular weight is 555 g/mol. The highest BCUT2D eigenvalue weighted by Crippen LogP contribution is 2.49. The molecule has 0 aliphatic carbocycles. The maximum Gasteiger partial charge on any atom is 0.238 e. The maximum absolute atomic E-state index is 4.89. The van der Waals surface area contributed by atoms with Gasteiger partial charge in [-0.3, -0.25) is 4.57 Å². The van der Waals surface area contributed by atoms with Gasteiger partial charge in [0, 0.05) is 31.5 Å². The lowest BCUT2D eigenvalue weighted by molar-refractivity contribution is 0.946. The summed E-state index contributed by atoms with van der Waals surface area (Å²) >= 11 is 1.86. The van der Waals surface area contributed by atoms with Crippen LogP contribution in [0.4, 0.5) is 0 Å². The van der Waals surface area contributed by atoms with Crippen molar-refractivity contribution in [2.45, 2.75) is 9.79 Å². The molecule has 0 atom stereocenters. The van der Waals surface area contributed by atoms with Gasteiger partial charge in [-0.2, -0.15) is 4.98 Å². The highest BCUT2D eigenvalue weighted by atomic mass is 32.2. The molecule has 0 spiro atoms. The lowest BCUT2D eigenvalue weighted by atomic mass is 9.94. The van der Waals surface area contributed by atoms with Crippen LogP contribution in [0.25, 0.3) is 72.2 Å². The van der Waals surface area contributed by atoms with E-state index in [-0.39, 0.29) is 0 Å². The Balaban J connectivity index is 1.21. The van der Waals surface area contributed by atoms with Crippen molar-refractivity contribution in [3.8, 4) is 39.6 Å². The fourth-order valence-electron chi connectivity index (χ4n) is 6.23. The predicted molar refractivity (Wildman–Crippen MR) is 172 cm³/mol. The molecule has 0 radical (unpaired) electrons. The fraction of sp³-hybridized carbons (Fsp3) is 0. The van der Waals surface area contributed by atoms with E-state index >= 15 is 0 Å². The molecule has 1 aliphatic rings. The van der Waals surface area contributed by atoms with Crippen molar-refractivity contribution in [2.24, 2.45) is 0 Å². The number of fused-ring (bicyclic) bond motifs is 5. The molecular weight excluding hydrogens is 533 g/mol. The summed E-state index contributed by atoms with van der Waals surface area (Å²) in [4.78, 5) is 16.6. The highest BCUT2D eigenvalue weighted by molar-refractivity contribution is 7.99. The van der Waals surface area contributed by atoms with E-state index in [1.807, 2.05) is 42.1 Å². The fourth-order valence-corrected chi connectivity index (χ4v) is 7.36. The second-order valence-electron chi connectivity index (χ2n) is 10.5. The van der Waals surface area contributed by atoms with E-state index in [0.29, 0.717) is 11.8 Å². The van der Waals surface area contributed by atoms with Crippen LogP contribution in [0.1, 0.15) is 0 Å². The number of aromatic nitrogens is 4. The molecule has 0 unspecified atom stereocenters. The van der Waals surface area contributed by atoms with Crippen molar-refractivity contribution >= 4 is 44.3 Å². The van der Waals surface area contributed by atoms with Crippen molar-refractivity contribution in [1.29, 1.82) is 0 Å². The third-order valence-corrected chi connectivity index (χ3v) is 9.29. The summed E-state index contributed by atoms with van der Waals surface area (Å²) in [6.07, 6.45) is 1.60. The summed E-state index contributed by atoms with van der Waals surface area (Å²) in [5, 5.41) is 4.98. The van der Waals surface area contributed by atoms with Crippen molar-refractivity contribution in [3.63, 3.8) is 0 Å². The molecule has 2 aromatic heterocycles. The minimum atomic E-state index is 0.611. The smallest absolute Gasteiger partial charge is 0.238 e. The van der Waals surface area contributed by atoms with E-state index in [1.165, 1.54) is 53.6 Å². The van der Waals surface area contributed by atoms with Crippen molar-refractivity contribution in [1.82, 2.24) is 19.5 Å². The largest absolute Gasteiger partial charge is 0.278 e. The van der Waals surface area contributed by atoms with E-state index < -0.39 is 0 Å². The molecule has 0 N–H and O–H groups in total. The maximum atomic E-state index is 4.89. The highest BCUT2D eigenvalue weighted by Gasteiger charge is 2.20. The van der Waals surface area contributed by atoms with Crippen LogP contribution >= 0.6 is 11.8 Å². The Hall–Kier alpha value is -5.26. The first-order chi connectivity index (χ1) is 20.8. The van der Waals surface area contributed by atoms with Gasteiger partial charge in [-0.05, 0) is 64.0 Å². The molecule has 42 heavy (non-hydrogen) atoms. The lowest BCUT2D eigenvalue weighted by Crippen LogP contribution is -2.03. The Morgan fingerprint density at radius 1 is 0.524 bits per heavy atom. The number of hydrogen-bond acceptors (Lipinski definition) is 4. The quantitative estimate of drug-likeness (QED) is 0.218. The summed E-state index contributed by atoms with van der Waals surface area (Å²) in [7, 11) is 0. The Morgan fingerprint density at radius 3 is 2.24 bits per heavy atom. The summed E-state index contributed by atoms with van der Waals surface area (Å²) in [6.45, 7) is 0. The molecule has 6 aromatic carbocycles. The molecule has 0 bridgehead atoms. The van der Waals surface area contributed by atoms with Crippen LogP contribution in [0.5, 0.6) is 0 Å². The minimum absolute atomic E-state index is 0.611. The van der Waals surface area contributed by atoms with Crippen LogP contribution in [-0.2, 0) is 0 Å². The Morgan fingerprint density at radius 2 is 1.31 bits per heavy atom. The zero-order valence-electron chi connectivity index (χ0n) is 22.4. The van der Waals surface area contributed by atoms with Crippen LogP contribution in [-0.4, -0.2) is 19.5 Å². The van der Waals surface area contributed by atoms with Crippen molar-refractivity contribution in [3.05, 3.63) is 134 Å². The summed E-state index contributed by atoms with van der Waals surface area (Å²) < 4.78 is 2.14. The predicted octanol–water partition coefficient (Wildman–Crippen LogP) is 9.59. The van der Waals surface area contributed by atoms with Gasteiger partial charge >= 0.3 is 0 Å². The molecule has 8 aromatic rings. The molecule has 3 heterocycles. The normalized spacial score (nSPS) is 12.2. The zero-order chi connectivity index (χ0) is 27.6. The Bertz CT molecular complexity index is 2330. The number of benzene rings is 6. The van der Waals surface area contributed by atoms with Gasteiger partial charge in [-0.15, -0.1) is 0 Å². The van der Waals surface area contributed by atoms with Gasteiger partial charge in [0.1, 0.15) is 6.33 Å². The molecule has 0 saturated carbocycles. The van der Waals surface area contributed by atoms with Gasteiger partial charge in [0.05, 0.1) is 11.0 Å². The molecule has 0 fully saturated rings. The molecule has 4 nitrogen and oxygen atoms in total. The minimum Gasteiger partial charge on any atom is -0.278 e. The van der Waals surface area contributed by atoms with E-state index in [2.05, 4.69) is 112 Å². The van der Waals surface area contributed by atoms with Crippen LogP contribution in [0, 0.1) is 0 Å². The van der Waals surface area contributed by atoms with Gasteiger partial charge < -0.3 is 0 Å². The Kier molecular flexibility index (Phi) is 5.10. The van der Waals surface area contributed by atoms with Gasteiger partial charge in [-0.1, -0.05) is 103 Å². The molecule has 0 saturated heterocycles. The van der Waals surface area contributed by atoms with Gasteiger partial charge in [0.2, 0.25) is 5.95 Å².